The van der Waals surface area contributed by atoms with Crippen LogP contribution in [0, 0.1) is 6.92 Å². The fourth-order valence-corrected chi connectivity index (χ4v) is 2.52. The maximum atomic E-state index is 5.95. The Morgan fingerprint density at radius 3 is 3.00 bits per heavy atom. The molecule has 1 aromatic carbocycles. The van der Waals surface area contributed by atoms with Crippen molar-refractivity contribution in [3.8, 4) is 0 Å². The van der Waals surface area contributed by atoms with Crippen molar-refractivity contribution in [1.29, 1.82) is 0 Å². The topological polar surface area (TPSA) is 21.3 Å². The summed E-state index contributed by atoms with van der Waals surface area (Å²) < 4.78 is 5.54. The van der Waals surface area contributed by atoms with Crippen LogP contribution in [0.1, 0.15) is 30.9 Å². The Morgan fingerprint density at radius 1 is 1.47 bits per heavy atom. The minimum Gasteiger partial charge on any atom is -0.378 e. The van der Waals surface area contributed by atoms with Crippen LogP contribution in [0.3, 0.4) is 0 Å². The molecule has 3 heteroatoms. The summed E-state index contributed by atoms with van der Waals surface area (Å²) in [4.78, 5) is 0. The number of benzene rings is 1. The summed E-state index contributed by atoms with van der Waals surface area (Å²) >= 11 is 5.95. The van der Waals surface area contributed by atoms with Crippen LogP contribution < -0.4 is 5.32 Å². The van der Waals surface area contributed by atoms with Crippen LogP contribution in [-0.2, 0) is 11.3 Å². The molecular weight excluding hydrogens is 234 g/mol. The van der Waals surface area contributed by atoms with Crippen molar-refractivity contribution < 1.29 is 4.74 Å². The summed E-state index contributed by atoms with van der Waals surface area (Å²) in [6.45, 7) is 6.04. The highest BCUT2D eigenvalue weighted by molar-refractivity contribution is 6.30. The van der Waals surface area contributed by atoms with E-state index in [1.54, 1.807) is 0 Å². The van der Waals surface area contributed by atoms with Gasteiger partial charge in [-0.1, -0.05) is 17.7 Å². The van der Waals surface area contributed by atoms with Gasteiger partial charge in [-0.3, -0.25) is 0 Å². The summed E-state index contributed by atoms with van der Waals surface area (Å²) in [6.07, 6.45) is 2.59. The van der Waals surface area contributed by atoms with Gasteiger partial charge in [0.1, 0.15) is 0 Å². The molecule has 1 aromatic rings. The second kappa shape index (κ2) is 5.85. The molecule has 0 bridgehead atoms. The predicted molar refractivity (Wildman–Crippen MR) is 71.5 cm³/mol. The third kappa shape index (κ3) is 3.70. The zero-order valence-corrected chi connectivity index (χ0v) is 11.3. The Labute approximate surface area is 108 Å². The normalized spacial score (nSPS) is 24.9. The summed E-state index contributed by atoms with van der Waals surface area (Å²) in [5.41, 5.74) is 2.58. The lowest BCUT2D eigenvalue weighted by Gasteiger charge is -2.28. The standard InChI is InChI=1S/C14H20ClNO/c1-10-7-13(15)4-3-12(10)9-16-14-5-6-17-11(2)8-14/h3-4,7,11,14,16H,5-6,8-9H2,1-2H3. The van der Waals surface area contributed by atoms with Crippen LogP contribution >= 0.6 is 11.6 Å². The molecule has 0 spiro atoms. The SMILES string of the molecule is Cc1cc(Cl)ccc1CNC1CCOC(C)C1. The third-order valence-electron chi connectivity index (χ3n) is 3.37. The van der Waals surface area contributed by atoms with E-state index < -0.39 is 0 Å². The minimum atomic E-state index is 0.382. The second-order valence-corrected chi connectivity index (χ2v) is 5.29. The van der Waals surface area contributed by atoms with E-state index in [0.29, 0.717) is 12.1 Å². The average molecular weight is 254 g/mol. The Hall–Kier alpha value is -0.570. The van der Waals surface area contributed by atoms with Gasteiger partial charge in [0.25, 0.3) is 0 Å². The maximum Gasteiger partial charge on any atom is 0.0561 e. The highest BCUT2D eigenvalue weighted by Gasteiger charge is 2.18. The molecule has 1 N–H and O–H groups in total. The second-order valence-electron chi connectivity index (χ2n) is 4.85. The highest BCUT2D eigenvalue weighted by atomic mass is 35.5. The Morgan fingerprint density at radius 2 is 2.29 bits per heavy atom. The van der Waals surface area contributed by atoms with E-state index in [1.807, 2.05) is 12.1 Å². The molecule has 0 amide bonds. The van der Waals surface area contributed by atoms with Crippen molar-refractivity contribution >= 4 is 11.6 Å². The van der Waals surface area contributed by atoms with Crippen molar-refractivity contribution in [2.75, 3.05) is 6.61 Å². The fraction of sp³-hybridized carbons (Fsp3) is 0.571. The average Bonchev–Trinajstić information content (AvgIpc) is 2.28. The van der Waals surface area contributed by atoms with Crippen molar-refractivity contribution in [1.82, 2.24) is 5.32 Å². The van der Waals surface area contributed by atoms with Gasteiger partial charge in [0.15, 0.2) is 0 Å². The first-order valence-electron chi connectivity index (χ1n) is 6.25. The van der Waals surface area contributed by atoms with E-state index in [2.05, 4.69) is 25.2 Å². The summed E-state index contributed by atoms with van der Waals surface area (Å²) in [5, 5.41) is 4.42. The van der Waals surface area contributed by atoms with E-state index in [4.69, 9.17) is 16.3 Å². The molecule has 2 rings (SSSR count). The lowest BCUT2D eigenvalue weighted by molar-refractivity contribution is 0.0130. The molecule has 2 atom stereocenters. The van der Waals surface area contributed by atoms with Gasteiger partial charge >= 0.3 is 0 Å². The molecular formula is C14H20ClNO. The molecule has 0 aromatic heterocycles. The van der Waals surface area contributed by atoms with Gasteiger partial charge in [-0.2, -0.15) is 0 Å². The smallest absolute Gasteiger partial charge is 0.0561 e. The van der Waals surface area contributed by atoms with Crippen LogP contribution in [0.25, 0.3) is 0 Å². The molecule has 17 heavy (non-hydrogen) atoms. The maximum absolute atomic E-state index is 5.95. The lowest BCUT2D eigenvalue weighted by Crippen LogP contribution is -2.37. The molecule has 0 radical (unpaired) electrons. The number of ether oxygens (including phenoxy) is 1. The van der Waals surface area contributed by atoms with Gasteiger partial charge in [0.2, 0.25) is 0 Å². The molecule has 2 nitrogen and oxygen atoms in total. The van der Waals surface area contributed by atoms with Crippen LogP contribution in [0.4, 0.5) is 0 Å². The first-order valence-corrected chi connectivity index (χ1v) is 6.63. The van der Waals surface area contributed by atoms with Crippen LogP contribution in [0.15, 0.2) is 18.2 Å². The monoisotopic (exact) mass is 253 g/mol. The number of aryl methyl sites for hydroxylation is 1. The Kier molecular flexibility index (Phi) is 4.43. The summed E-state index contributed by atoms with van der Waals surface area (Å²) in [5.74, 6) is 0. The van der Waals surface area contributed by atoms with Gasteiger partial charge in [-0.15, -0.1) is 0 Å². The van der Waals surface area contributed by atoms with Gasteiger partial charge in [0, 0.05) is 24.2 Å². The van der Waals surface area contributed by atoms with E-state index in [-0.39, 0.29) is 0 Å². The molecule has 2 unspecified atom stereocenters. The zero-order valence-electron chi connectivity index (χ0n) is 10.5. The van der Waals surface area contributed by atoms with Crippen LogP contribution in [0.2, 0.25) is 5.02 Å². The van der Waals surface area contributed by atoms with E-state index >= 15 is 0 Å². The molecule has 0 aliphatic carbocycles. The first kappa shape index (κ1) is 12.9. The van der Waals surface area contributed by atoms with E-state index in [0.717, 1.165) is 31.0 Å². The number of hydrogen-bond acceptors (Lipinski definition) is 2. The number of hydrogen-bond donors (Lipinski definition) is 1. The van der Waals surface area contributed by atoms with Gasteiger partial charge in [-0.25, -0.2) is 0 Å². The molecule has 1 heterocycles. The van der Waals surface area contributed by atoms with Crippen molar-refractivity contribution in [2.24, 2.45) is 0 Å². The Balaban J connectivity index is 1.88. The quantitative estimate of drug-likeness (QED) is 0.893. The zero-order chi connectivity index (χ0) is 12.3. The van der Waals surface area contributed by atoms with Crippen molar-refractivity contribution in [2.45, 2.75) is 45.4 Å². The number of nitrogens with one attached hydrogen (secondary N) is 1. The molecule has 1 aliphatic heterocycles. The van der Waals surface area contributed by atoms with Gasteiger partial charge in [-0.05, 0) is 49.9 Å². The minimum absolute atomic E-state index is 0.382. The van der Waals surface area contributed by atoms with E-state index in [1.165, 1.54) is 11.1 Å². The molecule has 94 valence electrons. The van der Waals surface area contributed by atoms with Crippen LogP contribution in [0.5, 0.6) is 0 Å². The van der Waals surface area contributed by atoms with Crippen molar-refractivity contribution in [3.63, 3.8) is 0 Å². The summed E-state index contributed by atoms with van der Waals surface area (Å²) in [7, 11) is 0. The largest absolute Gasteiger partial charge is 0.378 e. The Bertz CT molecular complexity index is 380. The van der Waals surface area contributed by atoms with Crippen LogP contribution in [-0.4, -0.2) is 18.8 Å². The summed E-state index contributed by atoms with van der Waals surface area (Å²) in [6, 6.07) is 6.66. The first-order chi connectivity index (χ1) is 8.15. The van der Waals surface area contributed by atoms with E-state index in [9.17, 15) is 0 Å². The molecule has 1 fully saturated rings. The third-order valence-corrected chi connectivity index (χ3v) is 3.61. The highest BCUT2D eigenvalue weighted by Crippen LogP contribution is 2.17. The van der Waals surface area contributed by atoms with Gasteiger partial charge < -0.3 is 10.1 Å². The number of halogens is 1. The van der Waals surface area contributed by atoms with Gasteiger partial charge in [0.05, 0.1) is 6.10 Å². The lowest BCUT2D eigenvalue weighted by atomic mass is 10.0. The van der Waals surface area contributed by atoms with Crippen molar-refractivity contribution in [3.05, 3.63) is 34.3 Å². The molecule has 1 saturated heterocycles. The predicted octanol–water partition coefficient (Wildman–Crippen LogP) is 3.31. The molecule has 0 saturated carbocycles. The fourth-order valence-electron chi connectivity index (χ4n) is 2.30. The number of rotatable bonds is 3. The molecule has 1 aliphatic rings.